The van der Waals surface area contributed by atoms with Gasteiger partial charge in [-0.3, -0.25) is 4.90 Å². The Morgan fingerprint density at radius 2 is 1.84 bits per heavy atom. The first kappa shape index (κ1) is 14.8. The summed E-state index contributed by atoms with van der Waals surface area (Å²) in [6, 6.07) is 5.73. The van der Waals surface area contributed by atoms with E-state index in [4.69, 9.17) is 9.84 Å². The number of hydrogen-bond acceptors (Lipinski definition) is 3. The van der Waals surface area contributed by atoms with Gasteiger partial charge in [0.05, 0.1) is 12.8 Å². The third kappa shape index (κ3) is 3.15. The standard InChI is InChI=1S/C13H18N2O4/c1-9(12(16)17)14(2)13(18)15(3)10-7-5-6-8-11(10)19-4/h5-9H,1-4H3,(H,16,17). The summed E-state index contributed by atoms with van der Waals surface area (Å²) >= 11 is 0. The summed E-state index contributed by atoms with van der Waals surface area (Å²) in [5.74, 6) is -0.501. The van der Waals surface area contributed by atoms with Gasteiger partial charge in [-0.2, -0.15) is 0 Å². The summed E-state index contributed by atoms with van der Waals surface area (Å²) < 4.78 is 5.18. The van der Waals surface area contributed by atoms with Crippen molar-refractivity contribution in [2.24, 2.45) is 0 Å². The molecule has 1 rings (SSSR count). The van der Waals surface area contributed by atoms with Crippen LogP contribution < -0.4 is 9.64 Å². The fraction of sp³-hybridized carbons (Fsp3) is 0.385. The summed E-state index contributed by atoms with van der Waals surface area (Å²) in [6.07, 6.45) is 0. The fourth-order valence-corrected chi connectivity index (χ4v) is 1.58. The zero-order valence-corrected chi connectivity index (χ0v) is 11.5. The molecule has 1 unspecified atom stereocenters. The Hall–Kier alpha value is -2.24. The summed E-state index contributed by atoms with van der Waals surface area (Å²) in [6.45, 7) is 1.45. The second kappa shape index (κ2) is 6.08. The van der Waals surface area contributed by atoms with E-state index < -0.39 is 18.0 Å². The van der Waals surface area contributed by atoms with Gasteiger partial charge in [0.25, 0.3) is 0 Å². The molecule has 0 saturated carbocycles. The van der Waals surface area contributed by atoms with E-state index in [2.05, 4.69) is 0 Å². The topological polar surface area (TPSA) is 70.1 Å². The highest BCUT2D eigenvalue weighted by molar-refractivity contribution is 5.95. The molecule has 1 N–H and O–H groups in total. The molecule has 0 saturated heterocycles. The van der Waals surface area contributed by atoms with Gasteiger partial charge in [0.1, 0.15) is 11.8 Å². The second-order valence-corrected chi connectivity index (χ2v) is 4.14. The molecule has 0 aliphatic rings. The number of amides is 2. The highest BCUT2D eigenvalue weighted by atomic mass is 16.5. The van der Waals surface area contributed by atoms with Crippen LogP contribution in [0.15, 0.2) is 24.3 Å². The van der Waals surface area contributed by atoms with Gasteiger partial charge in [0.2, 0.25) is 0 Å². The molecule has 0 fully saturated rings. The summed E-state index contributed by atoms with van der Waals surface area (Å²) in [7, 11) is 4.54. The van der Waals surface area contributed by atoms with Crippen molar-refractivity contribution in [1.29, 1.82) is 0 Å². The average Bonchev–Trinajstić information content (AvgIpc) is 2.43. The lowest BCUT2D eigenvalue weighted by molar-refractivity contribution is -0.141. The van der Waals surface area contributed by atoms with Gasteiger partial charge in [-0.05, 0) is 19.1 Å². The molecule has 0 radical (unpaired) electrons. The number of carboxylic acid groups (broad SMARTS) is 1. The zero-order valence-electron chi connectivity index (χ0n) is 11.5. The van der Waals surface area contributed by atoms with Crippen LogP contribution in [0.5, 0.6) is 5.75 Å². The molecule has 6 nitrogen and oxygen atoms in total. The van der Waals surface area contributed by atoms with Crippen molar-refractivity contribution in [2.75, 3.05) is 26.1 Å². The first-order valence-electron chi connectivity index (χ1n) is 5.76. The Bertz CT molecular complexity index is 475. The Morgan fingerprint density at radius 1 is 1.26 bits per heavy atom. The minimum absolute atomic E-state index is 0.417. The molecule has 104 valence electrons. The molecule has 1 aromatic rings. The SMILES string of the molecule is COc1ccccc1N(C)C(=O)N(C)C(C)C(=O)O. The van der Waals surface area contributed by atoms with Crippen LogP contribution in [0.25, 0.3) is 0 Å². The van der Waals surface area contributed by atoms with Crippen LogP contribution in [0.3, 0.4) is 0 Å². The van der Waals surface area contributed by atoms with E-state index in [1.165, 1.54) is 26.0 Å². The van der Waals surface area contributed by atoms with Gasteiger partial charge in [-0.25, -0.2) is 9.59 Å². The van der Waals surface area contributed by atoms with Crippen molar-refractivity contribution in [3.8, 4) is 5.75 Å². The minimum Gasteiger partial charge on any atom is -0.495 e. The molecule has 1 aromatic carbocycles. The highest BCUT2D eigenvalue weighted by Crippen LogP contribution is 2.27. The van der Waals surface area contributed by atoms with E-state index in [0.717, 1.165) is 4.90 Å². The number of methoxy groups -OCH3 is 1. The number of carbonyl (C=O) groups excluding carboxylic acids is 1. The smallest absolute Gasteiger partial charge is 0.326 e. The Labute approximate surface area is 112 Å². The van der Waals surface area contributed by atoms with Gasteiger partial charge in [-0.1, -0.05) is 12.1 Å². The molecule has 1 atom stereocenters. The number of aliphatic carboxylic acids is 1. The number of urea groups is 1. The van der Waals surface area contributed by atoms with E-state index in [-0.39, 0.29) is 0 Å². The van der Waals surface area contributed by atoms with Gasteiger partial charge >= 0.3 is 12.0 Å². The fourth-order valence-electron chi connectivity index (χ4n) is 1.58. The number of rotatable bonds is 4. The number of para-hydroxylation sites is 2. The van der Waals surface area contributed by atoms with Crippen molar-refractivity contribution in [2.45, 2.75) is 13.0 Å². The van der Waals surface area contributed by atoms with Crippen LogP contribution in [-0.2, 0) is 4.79 Å². The van der Waals surface area contributed by atoms with E-state index in [1.54, 1.807) is 31.3 Å². The number of carboxylic acids is 1. The largest absolute Gasteiger partial charge is 0.495 e. The number of anilines is 1. The number of benzene rings is 1. The molecule has 0 spiro atoms. The molecule has 19 heavy (non-hydrogen) atoms. The number of carbonyl (C=O) groups is 2. The normalized spacial score (nSPS) is 11.6. The predicted molar refractivity (Wildman–Crippen MR) is 71.7 cm³/mol. The molecule has 0 aliphatic heterocycles. The van der Waals surface area contributed by atoms with E-state index >= 15 is 0 Å². The molecule has 6 heteroatoms. The van der Waals surface area contributed by atoms with Crippen molar-refractivity contribution >= 4 is 17.7 Å². The van der Waals surface area contributed by atoms with Crippen LogP contribution in [0, 0.1) is 0 Å². The summed E-state index contributed by atoms with van der Waals surface area (Å²) in [5.41, 5.74) is 0.583. The van der Waals surface area contributed by atoms with Gasteiger partial charge < -0.3 is 14.7 Å². The maximum absolute atomic E-state index is 12.2. The number of nitrogens with zero attached hydrogens (tertiary/aromatic N) is 2. The van der Waals surface area contributed by atoms with Crippen LogP contribution in [-0.4, -0.2) is 49.3 Å². The lowest BCUT2D eigenvalue weighted by Crippen LogP contribution is -2.46. The summed E-state index contributed by atoms with van der Waals surface area (Å²) in [4.78, 5) is 25.6. The van der Waals surface area contributed by atoms with Gasteiger partial charge in [0, 0.05) is 14.1 Å². The Kier molecular flexibility index (Phi) is 4.74. The third-order valence-electron chi connectivity index (χ3n) is 2.97. The van der Waals surface area contributed by atoms with E-state index in [1.807, 2.05) is 0 Å². The molecule has 0 aromatic heterocycles. The average molecular weight is 266 g/mol. The maximum atomic E-state index is 12.2. The molecule has 0 aliphatic carbocycles. The molecule has 0 heterocycles. The predicted octanol–water partition coefficient (Wildman–Crippen LogP) is 1.66. The van der Waals surface area contributed by atoms with Crippen molar-refractivity contribution < 1.29 is 19.4 Å². The summed E-state index contributed by atoms with van der Waals surface area (Å²) in [5, 5.41) is 8.92. The first-order valence-corrected chi connectivity index (χ1v) is 5.76. The van der Waals surface area contributed by atoms with Crippen molar-refractivity contribution in [1.82, 2.24) is 4.90 Å². The van der Waals surface area contributed by atoms with Crippen LogP contribution in [0.1, 0.15) is 6.92 Å². The number of hydrogen-bond donors (Lipinski definition) is 1. The monoisotopic (exact) mass is 266 g/mol. The zero-order chi connectivity index (χ0) is 14.6. The lowest BCUT2D eigenvalue weighted by atomic mass is 10.2. The quantitative estimate of drug-likeness (QED) is 0.899. The van der Waals surface area contributed by atoms with Crippen molar-refractivity contribution in [3.05, 3.63) is 24.3 Å². The van der Waals surface area contributed by atoms with Gasteiger partial charge in [-0.15, -0.1) is 0 Å². The number of likely N-dealkylation sites (N-methyl/N-ethyl adjacent to an activating group) is 1. The minimum atomic E-state index is -1.05. The number of ether oxygens (including phenoxy) is 1. The highest BCUT2D eigenvalue weighted by Gasteiger charge is 2.25. The molecular weight excluding hydrogens is 248 g/mol. The molecular formula is C13H18N2O4. The van der Waals surface area contributed by atoms with E-state index in [9.17, 15) is 9.59 Å². The van der Waals surface area contributed by atoms with Crippen LogP contribution in [0.2, 0.25) is 0 Å². The van der Waals surface area contributed by atoms with E-state index in [0.29, 0.717) is 11.4 Å². The van der Waals surface area contributed by atoms with Crippen LogP contribution >= 0.6 is 0 Å². The van der Waals surface area contributed by atoms with Gasteiger partial charge in [0.15, 0.2) is 0 Å². The van der Waals surface area contributed by atoms with Crippen molar-refractivity contribution in [3.63, 3.8) is 0 Å². The Morgan fingerprint density at radius 3 is 2.37 bits per heavy atom. The lowest BCUT2D eigenvalue weighted by Gasteiger charge is -2.28. The first-order chi connectivity index (χ1) is 8.90. The third-order valence-corrected chi connectivity index (χ3v) is 2.97. The molecule has 0 bridgehead atoms. The maximum Gasteiger partial charge on any atom is 0.326 e. The second-order valence-electron chi connectivity index (χ2n) is 4.14. The molecule has 2 amide bonds. The van der Waals surface area contributed by atoms with Crippen LogP contribution in [0.4, 0.5) is 10.5 Å². The Balaban J connectivity index is 2.96.